The lowest BCUT2D eigenvalue weighted by Gasteiger charge is -1.97. The van der Waals surface area contributed by atoms with E-state index in [2.05, 4.69) is 31.1 Å². The van der Waals surface area contributed by atoms with Gasteiger partial charge in [-0.25, -0.2) is 0 Å². The second kappa shape index (κ2) is 4.91. The van der Waals surface area contributed by atoms with Crippen molar-refractivity contribution in [3.8, 4) is 0 Å². The molecule has 0 aliphatic carbocycles. The van der Waals surface area contributed by atoms with E-state index in [1.165, 1.54) is 11.3 Å². The number of thioether (sulfide) groups is 1. The van der Waals surface area contributed by atoms with Crippen molar-refractivity contribution in [1.29, 1.82) is 0 Å². The highest BCUT2D eigenvalue weighted by atomic mass is 79.9. The Labute approximate surface area is 103 Å². The highest BCUT2D eigenvalue weighted by molar-refractivity contribution is 9.10. The maximum atomic E-state index is 5.48. The molecule has 0 aliphatic heterocycles. The fourth-order valence-electron chi connectivity index (χ4n) is 0.906. The van der Waals surface area contributed by atoms with Gasteiger partial charge < -0.3 is 5.73 Å². The fraction of sp³-hybridized carbons (Fsp3) is 0.125. The molecule has 0 fully saturated rings. The van der Waals surface area contributed by atoms with Crippen LogP contribution in [0.4, 0.5) is 5.13 Å². The van der Waals surface area contributed by atoms with Gasteiger partial charge in [0.05, 0.1) is 5.69 Å². The molecule has 0 aromatic carbocycles. The Balaban J connectivity index is 1.96. The Morgan fingerprint density at radius 2 is 2.27 bits per heavy atom. The van der Waals surface area contributed by atoms with Crippen molar-refractivity contribution in [2.45, 2.75) is 10.1 Å². The van der Waals surface area contributed by atoms with Crippen molar-refractivity contribution in [2.24, 2.45) is 0 Å². The topological polar surface area (TPSA) is 64.7 Å². The first-order valence-electron chi connectivity index (χ1n) is 4.06. The van der Waals surface area contributed by atoms with E-state index in [1.54, 1.807) is 18.0 Å². The second-order valence-electron chi connectivity index (χ2n) is 2.66. The van der Waals surface area contributed by atoms with Crippen LogP contribution < -0.4 is 5.73 Å². The first kappa shape index (κ1) is 10.8. The van der Waals surface area contributed by atoms with Gasteiger partial charge in [-0.05, 0) is 28.1 Å². The quantitative estimate of drug-likeness (QED) is 0.883. The minimum Gasteiger partial charge on any atom is -0.374 e. The van der Waals surface area contributed by atoms with E-state index in [4.69, 9.17) is 5.73 Å². The number of nitrogen functional groups attached to an aromatic ring is 1. The maximum Gasteiger partial charge on any atom is 0.203 e. The van der Waals surface area contributed by atoms with Crippen LogP contribution in [0.25, 0.3) is 0 Å². The van der Waals surface area contributed by atoms with Gasteiger partial charge in [-0.1, -0.05) is 23.1 Å². The first-order chi connectivity index (χ1) is 7.24. The van der Waals surface area contributed by atoms with Crippen LogP contribution in [0.15, 0.2) is 27.1 Å². The zero-order valence-electron chi connectivity index (χ0n) is 7.55. The summed E-state index contributed by atoms with van der Waals surface area (Å²) < 4.78 is 1.86. The summed E-state index contributed by atoms with van der Waals surface area (Å²) in [5.74, 6) is 0.780. The number of halogens is 1. The first-order valence-corrected chi connectivity index (χ1v) is 6.66. The summed E-state index contributed by atoms with van der Waals surface area (Å²) >= 11 is 6.32. The van der Waals surface area contributed by atoms with Crippen LogP contribution in [0.2, 0.25) is 0 Å². The summed E-state index contributed by atoms with van der Waals surface area (Å²) in [6.07, 6.45) is 1.78. The Hall–Kier alpha value is -0.660. The average molecular weight is 303 g/mol. The molecule has 2 aromatic heterocycles. The highest BCUT2D eigenvalue weighted by Crippen LogP contribution is 2.26. The van der Waals surface area contributed by atoms with E-state index in [-0.39, 0.29) is 0 Å². The van der Waals surface area contributed by atoms with E-state index in [1.807, 2.05) is 12.1 Å². The summed E-state index contributed by atoms with van der Waals surface area (Å²) in [6, 6.07) is 3.94. The van der Waals surface area contributed by atoms with Gasteiger partial charge in [0, 0.05) is 16.4 Å². The minimum atomic E-state index is 0.501. The Kier molecular flexibility index (Phi) is 3.55. The molecule has 2 N–H and O–H groups in total. The summed E-state index contributed by atoms with van der Waals surface area (Å²) in [6.45, 7) is 0. The summed E-state index contributed by atoms with van der Waals surface area (Å²) in [4.78, 5) is 4.26. The van der Waals surface area contributed by atoms with Crippen molar-refractivity contribution in [3.63, 3.8) is 0 Å². The predicted molar refractivity (Wildman–Crippen MR) is 65.8 cm³/mol. The lowest BCUT2D eigenvalue weighted by atomic mass is 10.4. The molecule has 0 saturated heterocycles. The molecule has 0 atom stereocenters. The maximum absolute atomic E-state index is 5.48. The summed E-state index contributed by atoms with van der Waals surface area (Å²) in [5, 5.41) is 8.16. The molecule has 2 aromatic rings. The van der Waals surface area contributed by atoms with Gasteiger partial charge in [-0.15, -0.1) is 10.2 Å². The van der Waals surface area contributed by atoms with Gasteiger partial charge in [0.1, 0.15) is 0 Å². The largest absolute Gasteiger partial charge is 0.374 e. The van der Waals surface area contributed by atoms with Gasteiger partial charge in [0.15, 0.2) is 4.34 Å². The van der Waals surface area contributed by atoms with Crippen molar-refractivity contribution in [2.75, 3.05) is 5.73 Å². The Morgan fingerprint density at radius 3 is 2.87 bits per heavy atom. The van der Waals surface area contributed by atoms with Crippen LogP contribution in [-0.2, 0) is 5.75 Å². The molecule has 0 amide bonds. The Morgan fingerprint density at radius 1 is 1.40 bits per heavy atom. The van der Waals surface area contributed by atoms with E-state index in [0.717, 1.165) is 20.3 Å². The van der Waals surface area contributed by atoms with Crippen LogP contribution in [0.3, 0.4) is 0 Å². The standard InChI is InChI=1S/C8H7BrN4S2/c9-5-1-2-6(11-3-5)4-14-8-13-12-7(10)15-8/h1-3H,4H2,(H2,10,12). The minimum absolute atomic E-state index is 0.501. The van der Waals surface area contributed by atoms with Gasteiger partial charge in [-0.2, -0.15) is 0 Å². The zero-order chi connectivity index (χ0) is 10.7. The predicted octanol–water partition coefficient (Wildman–Crippen LogP) is 2.57. The second-order valence-corrected chi connectivity index (χ2v) is 5.81. The molecule has 7 heteroatoms. The molecule has 0 radical (unpaired) electrons. The van der Waals surface area contributed by atoms with E-state index >= 15 is 0 Å². The van der Waals surface area contributed by atoms with Crippen molar-refractivity contribution in [3.05, 3.63) is 28.5 Å². The number of hydrogen-bond donors (Lipinski definition) is 1. The molecule has 2 rings (SSSR count). The number of rotatable bonds is 3. The molecular weight excluding hydrogens is 296 g/mol. The van der Waals surface area contributed by atoms with Crippen molar-refractivity contribution >= 4 is 44.2 Å². The lowest BCUT2D eigenvalue weighted by molar-refractivity contribution is 1.01. The number of anilines is 1. The SMILES string of the molecule is Nc1nnc(SCc2ccc(Br)cn2)s1. The number of hydrogen-bond acceptors (Lipinski definition) is 6. The molecule has 0 saturated carbocycles. The number of pyridine rings is 1. The fourth-order valence-corrected chi connectivity index (χ4v) is 2.69. The molecule has 0 bridgehead atoms. The molecule has 78 valence electrons. The van der Waals surface area contributed by atoms with Crippen LogP contribution in [0.5, 0.6) is 0 Å². The summed E-state index contributed by atoms with van der Waals surface area (Å²) in [7, 11) is 0. The normalized spacial score (nSPS) is 10.5. The van der Waals surface area contributed by atoms with Crippen LogP contribution in [0.1, 0.15) is 5.69 Å². The molecular formula is C8H7BrN4S2. The van der Waals surface area contributed by atoms with Crippen LogP contribution >= 0.6 is 39.0 Å². The molecule has 0 aliphatic rings. The third-order valence-corrected chi connectivity index (χ3v) is 3.94. The zero-order valence-corrected chi connectivity index (χ0v) is 10.8. The van der Waals surface area contributed by atoms with Gasteiger partial charge in [-0.3, -0.25) is 4.98 Å². The monoisotopic (exact) mass is 302 g/mol. The molecule has 0 unspecified atom stereocenters. The van der Waals surface area contributed by atoms with Crippen molar-refractivity contribution < 1.29 is 0 Å². The Bertz CT molecular complexity index is 442. The van der Waals surface area contributed by atoms with E-state index in [9.17, 15) is 0 Å². The van der Waals surface area contributed by atoms with E-state index in [0.29, 0.717) is 5.13 Å². The number of nitrogens with zero attached hydrogens (tertiary/aromatic N) is 3. The highest BCUT2D eigenvalue weighted by Gasteiger charge is 2.02. The average Bonchev–Trinajstić information content (AvgIpc) is 2.64. The number of nitrogens with two attached hydrogens (primary N) is 1. The van der Waals surface area contributed by atoms with E-state index < -0.39 is 0 Å². The molecule has 4 nitrogen and oxygen atoms in total. The molecule has 15 heavy (non-hydrogen) atoms. The van der Waals surface area contributed by atoms with Gasteiger partial charge in [0.25, 0.3) is 0 Å². The lowest BCUT2D eigenvalue weighted by Crippen LogP contribution is -1.85. The van der Waals surface area contributed by atoms with Gasteiger partial charge in [0.2, 0.25) is 5.13 Å². The smallest absolute Gasteiger partial charge is 0.203 e. The van der Waals surface area contributed by atoms with Crippen molar-refractivity contribution in [1.82, 2.24) is 15.2 Å². The molecule has 0 spiro atoms. The molecule has 2 heterocycles. The van der Waals surface area contributed by atoms with Crippen LogP contribution in [-0.4, -0.2) is 15.2 Å². The number of aromatic nitrogens is 3. The van der Waals surface area contributed by atoms with Crippen LogP contribution in [0, 0.1) is 0 Å². The summed E-state index contributed by atoms with van der Waals surface area (Å²) in [5.41, 5.74) is 6.49. The third kappa shape index (κ3) is 3.15. The van der Waals surface area contributed by atoms with Gasteiger partial charge >= 0.3 is 0 Å². The third-order valence-electron chi connectivity index (χ3n) is 1.55.